The normalized spacial score (nSPS) is 13.2. The number of halogens is 1. The van der Waals surface area contributed by atoms with Crippen LogP contribution in [-0.2, 0) is 19.5 Å². The quantitative estimate of drug-likeness (QED) is 0.445. The van der Waals surface area contributed by atoms with Crippen LogP contribution in [0.1, 0.15) is 29.9 Å². The summed E-state index contributed by atoms with van der Waals surface area (Å²) in [5.74, 6) is 0.706. The van der Waals surface area contributed by atoms with Crippen molar-refractivity contribution < 1.29 is 4.39 Å². The van der Waals surface area contributed by atoms with E-state index in [1.54, 1.807) is 12.1 Å². The second-order valence-electron chi connectivity index (χ2n) is 7.77. The van der Waals surface area contributed by atoms with Crippen molar-refractivity contribution in [2.24, 2.45) is 0 Å². The Bertz CT molecular complexity index is 1240. The number of aryl methyl sites for hydroxylation is 2. The standard InChI is InChI=1S/C24H24FN5S/c1-26-23(31)22-21(16-7-3-2-4-8-16)19-9-5-6-14-29-20(28-30(22)24(19)29)15-27-18-12-10-17(25)11-13-18/h2-4,7-8,10-13,27H,5-6,9,14-15H2,1H3,(H,26,31). The molecule has 2 aromatic carbocycles. The van der Waals surface area contributed by atoms with E-state index >= 15 is 0 Å². The zero-order valence-corrected chi connectivity index (χ0v) is 18.2. The first kappa shape index (κ1) is 19.8. The molecule has 1 aliphatic heterocycles. The highest BCUT2D eigenvalue weighted by Crippen LogP contribution is 2.36. The average molecular weight is 434 g/mol. The zero-order chi connectivity index (χ0) is 21.4. The number of nitrogens with one attached hydrogen (secondary N) is 2. The highest BCUT2D eigenvalue weighted by atomic mass is 32.1. The Hall–Kier alpha value is -3.19. The maximum absolute atomic E-state index is 13.2. The number of rotatable bonds is 5. The molecule has 0 spiro atoms. The molecule has 2 aromatic heterocycles. The van der Waals surface area contributed by atoms with E-state index in [9.17, 15) is 4.39 Å². The lowest BCUT2D eigenvalue weighted by Gasteiger charge is -2.10. The third kappa shape index (κ3) is 3.49. The van der Waals surface area contributed by atoms with E-state index in [1.165, 1.54) is 23.3 Å². The monoisotopic (exact) mass is 433 g/mol. The van der Waals surface area contributed by atoms with E-state index in [2.05, 4.69) is 39.5 Å². The van der Waals surface area contributed by atoms with Crippen LogP contribution in [-0.4, -0.2) is 26.2 Å². The number of hydrogen-bond acceptors (Lipinski definition) is 3. The van der Waals surface area contributed by atoms with Gasteiger partial charge < -0.3 is 15.2 Å². The van der Waals surface area contributed by atoms with Crippen LogP contribution in [0.4, 0.5) is 10.1 Å². The van der Waals surface area contributed by atoms with E-state index in [-0.39, 0.29) is 5.82 Å². The third-order valence-electron chi connectivity index (χ3n) is 5.86. The molecule has 0 radical (unpaired) electrons. The summed E-state index contributed by atoms with van der Waals surface area (Å²) in [6.07, 6.45) is 3.22. The summed E-state index contributed by atoms with van der Waals surface area (Å²) in [5, 5.41) is 11.5. The van der Waals surface area contributed by atoms with Gasteiger partial charge in [-0.2, -0.15) is 5.10 Å². The molecule has 0 atom stereocenters. The molecule has 0 saturated carbocycles. The van der Waals surface area contributed by atoms with Crippen molar-refractivity contribution in [3.8, 4) is 11.1 Å². The van der Waals surface area contributed by atoms with E-state index in [4.69, 9.17) is 17.3 Å². The summed E-state index contributed by atoms with van der Waals surface area (Å²) in [6, 6.07) is 16.8. The summed E-state index contributed by atoms with van der Waals surface area (Å²) in [4.78, 5) is 0.684. The zero-order valence-electron chi connectivity index (χ0n) is 17.4. The van der Waals surface area contributed by atoms with E-state index in [0.29, 0.717) is 11.5 Å². The molecule has 0 saturated heterocycles. The molecule has 2 N–H and O–H groups in total. The number of aromatic nitrogens is 3. The summed E-state index contributed by atoms with van der Waals surface area (Å²) in [7, 11) is 1.86. The summed E-state index contributed by atoms with van der Waals surface area (Å²) >= 11 is 5.73. The first-order valence-corrected chi connectivity index (χ1v) is 11.0. The molecule has 0 fully saturated rings. The number of thiocarbonyl (C=S) groups is 1. The van der Waals surface area contributed by atoms with Gasteiger partial charge in [-0.15, -0.1) is 0 Å². The van der Waals surface area contributed by atoms with Crippen LogP contribution in [0.5, 0.6) is 0 Å². The Kier molecular flexibility index (Phi) is 5.19. The molecule has 4 aromatic rings. The third-order valence-corrected chi connectivity index (χ3v) is 6.26. The van der Waals surface area contributed by atoms with Crippen molar-refractivity contribution >= 4 is 28.5 Å². The number of benzene rings is 2. The Balaban J connectivity index is 1.65. The largest absolute Gasteiger partial charge is 0.378 e. The molecule has 3 heterocycles. The van der Waals surface area contributed by atoms with Gasteiger partial charge in [0.2, 0.25) is 0 Å². The highest BCUT2D eigenvalue weighted by Gasteiger charge is 2.28. The maximum atomic E-state index is 13.2. The Labute approximate surface area is 185 Å². The fourth-order valence-corrected chi connectivity index (χ4v) is 4.62. The molecule has 0 aliphatic carbocycles. The molecule has 158 valence electrons. The summed E-state index contributed by atoms with van der Waals surface area (Å²) in [5.41, 5.74) is 6.58. The first-order chi connectivity index (χ1) is 15.2. The molecule has 31 heavy (non-hydrogen) atoms. The van der Waals surface area contributed by atoms with Gasteiger partial charge in [-0.3, -0.25) is 0 Å². The molecule has 0 unspecified atom stereocenters. The minimum Gasteiger partial charge on any atom is -0.378 e. The molecule has 0 amide bonds. The Morgan fingerprint density at radius 3 is 2.61 bits per heavy atom. The van der Waals surface area contributed by atoms with Gasteiger partial charge in [-0.05, 0) is 49.1 Å². The SMILES string of the molecule is CNC(=S)c1c(-c2ccccc2)c2c3n(c(CNc4ccc(F)cc4)nn13)CCCC2. The Morgan fingerprint density at radius 2 is 1.87 bits per heavy atom. The van der Waals surface area contributed by atoms with E-state index < -0.39 is 0 Å². The van der Waals surface area contributed by atoms with Crippen molar-refractivity contribution in [1.29, 1.82) is 0 Å². The molecule has 1 aliphatic rings. The van der Waals surface area contributed by atoms with Gasteiger partial charge in [0.1, 0.15) is 22.1 Å². The molecule has 0 bridgehead atoms. The van der Waals surface area contributed by atoms with Gasteiger partial charge in [-0.25, -0.2) is 8.91 Å². The minimum absolute atomic E-state index is 0.240. The van der Waals surface area contributed by atoms with Gasteiger partial charge in [0.25, 0.3) is 0 Å². The van der Waals surface area contributed by atoms with Crippen molar-refractivity contribution in [3.05, 3.63) is 77.5 Å². The Morgan fingerprint density at radius 1 is 1.10 bits per heavy atom. The van der Waals surface area contributed by atoms with Gasteiger partial charge >= 0.3 is 0 Å². The van der Waals surface area contributed by atoms with Gasteiger partial charge in [-0.1, -0.05) is 42.5 Å². The number of anilines is 1. The van der Waals surface area contributed by atoms with Crippen LogP contribution in [0.15, 0.2) is 54.6 Å². The smallest absolute Gasteiger partial charge is 0.150 e. The fourth-order valence-electron chi connectivity index (χ4n) is 4.43. The topological polar surface area (TPSA) is 46.3 Å². The van der Waals surface area contributed by atoms with E-state index in [0.717, 1.165) is 54.2 Å². The molecular weight excluding hydrogens is 409 g/mol. The van der Waals surface area contributed by atoms with Crippen LogP contribution in [0.25, 0.3) is 16.8 Å². The lowest BCUT2D eigenvalue weighted by molar-refractivity contribution is 0.618. The number of hydrogen-bond donors (Lipinski definition) is 2. The molecular formula is C24H24FN5S. The van der Waals surface area contributed by atoms with Gasteiger partial charge in [0.05, 0.1) is 6.54 Å². The van der Waals surface area contributed by atoms with Crippen LogP contribution < -0.4 is 10.6 Å². The van der Waals surface area contributed by atoms with Crippen molar-refractivity contribution in [1.82, 2.24) is 19.5 Å². The average Bonchev–Trinajstić information content (AvgIpc) is 3.20. The highest BCUT2D eigenvalue weighted by molar-refractivity contribution is 7.80. The predicted molar refractivity (Wildman–Crippen MR) is 126 cm³/mol. The van der Waals surface area contributed by atoms with Gasteiger partial charge in [0, 0.05) is 30.4 Å². The van der Waals surface area contributed by atoms with Crippen molar-refractivity contribution in [3.63, 3.8) is 0 Å². The summed E-state index contributed by atoms with van der Waals surface area (Å²) in [6.45, 7) is 1.47. The van der Waals surface area contributed by atoms with Crippen molar-refractivity contribution in [2.45, 2.75) is 32.4 Å². The fraction of sp³-hybridized carbons (Fsp3) is 0.250. The molecule has 7 heteroatoms. The second kappa shape index (κ2) is 8.15. The van der Waals surface area contributed by atoms with Crippen molar-refractivity contribution in [2.75, 3.05) is 12.4 Å². The van der Waals surface area contributed by atoms with Crippen LogP contribution in [0.2, 0.25) is 0 Å². The van der Waals surface area contributed by atoms with Gasteiger partial charge in [0.15, 0.2) is 5.82 Å². The minimum atomic E-state index is -0.240. The van der Waals surface area contributed by atoms with Crippen LogP contribution in [0.3, 0.4) is 0 Å². The molecule has 5 rings (SSSR count). The lowest BCUT2D eigenvalue weighted by Crippen LogP contribution is -2.20. The van der Waals surface area contributed by atoms with Crippen LogP contribution >= 0.6 is 12.2 Å². The first-order valence-electron chi connectivity index (χ1n) is 10.6. The lowest BCUT2D eigenvalue weighted by atomic mass is 9.98. The van der Waals surface area contributed by atoms with Crippen LogP contribution in [0, 0.1) is 5.82 Å². The number of nitrogens with zero attached hydrogens (tertiary/aromatic N) is 3. The van der Waals surface area contributed by atoms with E-state index in [1.807, 2.05) is 17.6 Å². The molecule has 5 nitrogen and oxygen atoms in total. The summed E-state index contributed by atoms with van der Waals surface area (Å²) < 4.78 is 17.6. The second-order valence-corrected chi connectivity index (χ2v) is 8.18. The predicted octanol–water partition coefficient (Wildman–Crippen LogP) is 4.79. The maximum Gasteiger partial charge on any atom is 0.150 e.